The summed E-state index contributed by atoms with van der Waals surface area (Å²) in [6.07, 6.45) is 0. The minimum atomic E-state index is -3.79. The van der Waals surface area contributed by atoms with E-state index in [9.17, 15) is 13.2 Å². The van der Waals surface area contributed by atoms with Crippen molar-refractivity contribution in [2.75, 3.05) is 25.9 Å². The number of sulfonamides is 1. The average molecular weight is 299 g/mol. The number of amides is 1. The van der Waals surface area contributed by atoms with Crippen LogP contribution in [0.5, 0.6) is 0 Å². The van der Waals surface area contributed by atoms with E-state index in [4.69, 9.17) is 5.73 Å². The molecule has 112 valence electrons. The first kappa shape index (κ1) is 16.5. The van der Waals surface area contributed by atoms with E-state index in [-0.39, 0.29) is 23.0 Å². The van der Waals surface area contributed by atoms with E-state index in [0.717, 1.165) is 9.87 Å². The van der Waals surface area contributed by atoms with Gasteiger partial charge >= 0.3 is 0 Å². The fraction of sp³-hybridized carbons (Fsp3) is 0.462. The predicted octanol–water partition coefficient (Wildman–Crippen LogP) is 0.642. The van der Waals surface area contributed by atoms with Gasteiger partial charge < -0.3 is 11.1 Å². The summed E-state index contributed by atoms with van der Waals surface area (Å²) >= 11 is 0. The molecule has 0 aliphatic rings. The van der Waals surface area contributed by atoms with Crippen molar-refractivity contribution < 1.29 is 13.2 Å². The van der Waals surface area contributed by atoms with Crippen molar-refractivity contribution in [1.82, 2.24) is 9.62 Å². The van der Waals surface area contributed by atoms with Gasteiger partial charge in [0.05, 0.1) is 12.2 Å². The second-order valence-electron chi connectivity index (χ2n) is 4.64. The van der Waals surface area contributed by atoms with Crippen LogP contribution < -0.4 is 11.1 Å². The summed E-state index contributed by atoms with van der Waals surface area (Å²) in [4.78, 5) is 11.6. The minimum absolute atomic E-state index is 0.0734. The molecule has 1 rings (SSSR count). The normalized spacial score (nSPS) is 11.7. The van der Waals surface area contributed by atoms with Crippen LogP contribution in [-0.4, -0.2) is 38.8 Å². The number of carbonyl (C=O) groups is 1. The SMILES string of the molecule is CCNC(=O)CN(C)S(=O)(=O)c1c(N)ccc(C)c1C. The second kappa shape index (κ2) is 6.23. The van der Waals surface area contributed by atoms with E-state index in [1.807, 2.05) is 6.92 Å². The zero-order chi connectivity index (χ0) is 15.5. The molecule has 0 spiro atoms. The summed E-state index contributed by atoms with van der Waals surface area (Å²) in [5.74, 6) is -0.345. The number of benzene rings is 1. The average Bonchev–Trinajstić information content (AvgIpc) is 2.34. The molecule has 0 saturated heterocycles. The van der Waals surface area contributed by atoms with E-state index < -0.39 is 10.0 Å². The van der Waals surface area contributed by atoms with Crippen molar-refractivity contribution in [3.8, 4) is 0 Å². The molecule has 3 N–H and O–H groups in total. The fourth-order valence-corrected chi connectivity index (χ4v) is 3.36. The van der Waals surface area contributed by atoms with Gasteiger partial charge in [-0.15, -0.1) is 0 Å². The van der Waals surface area contributed by atoms with Gasteiger partial charge in [-0.25, -0.2) is 8.42 Å². The molecule has 0 aliphatic heterocycles. The molecule has 0 aromatic heterocycles. The minimum Gasteiger partial charge on any atom is -0.398 e. The molecule has 0 radical (unpaired) electrons. The molecule has 0 unspecified atom stereocenters. The maximum absolute atomic E-state index is 12.5. The molecule has 6 nitrogen and oxygen atoms in total. The van der Waals surface area contributed by atoms with E-state index >= 15 is 0 Å². The highest BCUT2D eigenvalue weighted by molar-refractivity contribution is 7.89. The van der Waals surface area contributed by atoms with Crippen LogP contribution in [0.1, 0.15) is 18.1 Å². The predicted molar refractivity (Wildman–Crippen MR) is 78.8 cm³/mol. The van der Waals surface area contributed by atoms with Gasteiger partial charge in [-0.05, 0) is 38.0 Å². The van der Waals surface area contributed by atoms with Crippen LogP contribution in [0.25, 0.3) is 0 Å². The standard InChI is InChI=1S/C13H21N3O3S/c1-5-15-12(17)8-16(4)20(18,19)13-10(3)9(2)6-7-11(13)14/h6-7H,5,8,14H2,1-4H3,(H,15,17). The Bertz CT molecular complexity index is 612. The van der Waals surface area contributed by atoms with Gasteiger partial charge in [-0.1, -0.05) is 6.07 Å². The quantitative estimate of drug-likeness (QED) is 0.780. The molecule has 0 fully saturated rings. The molecule has 0 bridgehead atoms. The number of hydrogen-bond acceptors (Lipinski definition) is 4. The van der Waals surface area contributed by atoms with Gasteiger partial charge in [0.1, 0.15) is 4.90 Å². The Morgan fingerprint density at radius 3 is 2.50 bits per heavy atom. The number of anilines is 1. The molecule has 0 aliphatic carbocycles. The number of hydrogen-bond donors (Lipinski definition) is 2. The molecule has 7 heteroatoms. The smallest absolute Gasteiger partial charge is 0.245 e. The lowest BCUT2D eigenvalue weighted by atomic mass is 10.1. The molecule has 0 atom stereocenters. The highest BCUT2D eigenvalue weighted by atomic mass is 32.2. The van der Waals surface area contributed by atoms with E-state index in [1.165, 1.54) is 7.05 Å². The lowest BCUT2D eigenvalue weighted by Gasteiger charge is -2.20. The van der Waals surface area contributed by atoms with Crippen LogP contribution >= 0.6 is 0 Å². The number of nitrogens with two attached hydrogens (primary N) is 1. The molecule has 0 heterocycles. The van der Waals surface area contributed by atoms with Gasteiger partial charge in [0, 0.05) is 13.6 Å². The topological polar surface area (TPSA) is 92.5 Å². The van der Waals surface area contributed by atoms with Gasteiger partial charge in [0.25, 0.3) is 0 Å². The summed E-state index contributed by atoms with van der Waals surface area (Å²) in [5, 5.41) is 2.56. The Hall–Kier alpha value is -1.60. The van der Waals surface area contributed by atoms with Crippen LogP contribution in [0.4, 0.5) is 5.69 Å². The highest BCUT2D eigenvalue weighted by Gasteiger charge is 2.27. The van der Waals surface area contributed by atoms with E-state index in [2.05, 4.69) is 5.32 Å². The van der Waals surface area contributed by atoms with Crippen LogP contribution in [0.3, 0.4) is 0 Å². The number of nitrogens with zero attached hydrogens (tertiary/aromatic N) is 1. The first-order valence-electron chi connectivity index (χ1n) is 6.30. The third-order valence-corrected chi connectivity index (χ3v) is 5.12. The van der Waals surface area contributed by atoms with Crippen LogP contribution in [-0.2, 0) is 14.8 Å². The number of likely N-dealkylation sites (N-methyl/N-ethyl adjacent to an activating group) is 2. The number of aryl methyl sites for hydroxylation is 1. The first-order chi connectivity index (χ1) is 9.21. The Kier molecular flexibility index (Phi) is 5.13. The number of nitrogen functional groups attached to an aromatic ring is 1. The van der Waals surface area contributed by atoms with Crippen molar-refractivity contribution in [2.24, 2.45) is 0 Å². The number of carbonyl (C=O) groups excluding carboxylic acids is 1. The number of nitrogens with one attached hydrogen (secondary N) is 1. The summed E-state index contributed by atoms with van der Waals surface area (Å²) < 4.78 is 26.1. The van der Waals surface area contributed by atoms with Crippen molar-refractivity contribution in [3.05, 3.63) is 23.3 Å². The van der Waals surface area contributed by atoms with Crippen molar-refractivity contribution in [1.29, 1.82) is 0 Å². The second-order valence-corrected chi connectivity index (χ2v) is 6.62. The lowest BCUT2D eigenvalue weighted by Crippen LogP contribution is -2.38. The van der Waals surface area contributed by atoms with Crippen molar-refractivity contribution >= 4 is 21.6 Å². The monoisotopic (exact) mass is 299 g/mol. The molecule has 0 saturated carbocycles. The molecule has 1 aromatic rings. The molecular weight excluding hydrogens is 278 g/mol. The van der Waals surface area contributed by atoms with Crippen LogP contribution in [0.15, 0.2) is 17.0 Å². The number of rotatable bonds is 5. The van der Waals surface area contributed by atoms with Gasteiger partial charge in [0.15, 0.2) is 0 Å². The molecular formula is C13H21N3O3S. The van der Waals surface area contributed by atoms with Gasteiger partial charge in [-0.3, -0.25) is 4.79 Å². The summed E-state index contributed by atoms with van der Waals surface area (Å²) in [6.45, 7) is 5.52. The Balaban J connectivity index is 3.17. The third kappa shape index (κ3) is 3.29. The van der Waals surface area contributed by atoms with Gasteiger partial charge in [0.2, 0.25) is 15.9 Å². The maximum Gasteiger partial charge on any atom is 0.245 e. The highest BCUT2D eigenvalue weighted by Crippen LogP contribution is 2.27. The Morgan fingerprint density at radius 1 is 1.35 bits per heavy atom. The largest absolute Gasteiger partial charge is 0.398 e. The van der Waals surface area contributed by atoms with Crippen LogP contribution in [0.2, 0.25) is 0 Å². The van der Waals surface area contributed by atoms with E-state index in [0.29, 0.717) is 12.1 Å². The molecule has 20 heavy (non-hydrogen) atoms. The molecule has 1 amide bonds. The summed E-state index contributed by atoms with van der Waals surface area (Å²) in [5.41, 5.74) is 7.43. The Labute approximate surface area is 120 Å². The maximum atomic E-state index is 12.5. The zero-order valence-electron chi connectivity index (χ0n) is 12.2. The third-order valence-electron chi connectivity index (χ3n) is 3.12. The fourth-order valence-electron chi connectivity index (χ4n) is 1.85. The van der Waals surface area contributed by atoms with E-state index in [1.54, 1.807) is 26.0 Å². The Morgan fingerprint density at radius 2 is 1.95 bits per heavy atom. The summed E-state index contributed by atoms with van der Waals surface area (Å²) in [7, 11) is -2.42. The lowest BCUT2D eigenvalue weighted by molar-refractivity contribution is -0.121. The van der Waals surface area contributed by atoms with Crippen molar-refractivity contribution in [3.63, 3.8) is 0 Å². The summed E-state index contributed by atoms with van der Waals surface area (Å²) in [6, 6.07) is 3.34. The first-order valence-corrected chi connectivity index (χ1v) is 7.74. The van der Waals surface area contributed by atoms with Crippen LogP contribution in [0, 0.1) is 13.8 Å². The zero-order valence-corrected chi connectivity index (χ0v) is 13.0. The molecule has 1 aromatic carbocycles. The van der Waals surface area contributed by atoms with Crippen molar-refractivity contribution in [2.45, 2.75) is 25.7 Å². The van der Waals surface area contributed by atoms with Gasteiger partial charge in [-0.2, -0.15) is 4.31 Å².